The minimum Gasteiger partial charge on any atom is -0.490 e. The Morgan fingerprint density at radius 3 is 2.73 bits per heavy atom. The Morgan fingerprint density at radius 1 is 1.30 bits per heavy atom. The third-order valence-corrected chi connectivity index (χ3v) is 6.44. The Hall–Kier alpha value is -1.97. The number of aryl methyl sites for hydroxylation is 1. The number of fused-ring (bicyclic) bond motifs is 1. The molecule has 1 aromatic carbocycles. The van der Waals surface area contributed by atoms with Crippen molar-refractivity contribution in [2.45, 2.75) is 46.1 Å². The first-order valence-electron chi connectivity index (χ1n) is 9.70. The average Bonchev–Trinajstić information content (AvgIpc) is 3.23. The minimum absolute atomic E-state index is 0.0266. The van der Waals surface area contributed by atoms with Crippen LogP contribution in [-0.2, 0) is 17.6 Å². The fourth-order valence-electron chi connectivity index (χ4n) is 3.21. The molecule has 3 rings (SSSR count). The summed E-state index contributed by atoms with van der Waals surface area (Å²) in [6, 6.07) is 5.09. The molecule has 0 radical (unpaired) electrons. The molecule has 0 spiro atoms. The van der Waals surface area contributed by atoms with Gasteiger partial charge in [-0.2, -0.15) is 0 Å². The van der Waals surface area contributed by atoms with Gasteiger partial charge in [0.05, 0.1) is 22.7 Å². The van der Waals surface area contributed by atoms with Crippen LogP contribution in [-0.4, -0.2) is 29.7 Å². The number of carbonyl (C=O) groups is 2. The van der Waals surface area contributed by atoms with Gasteiger partial charge in [-0.3, -0.25) is 10.1 Å². The van der Waals surface area contributed by atoms with Crippen LogP contribution in [0.25, 0.3) is 0 Å². The Balaban J connectivity index is 1.71. The number of halogens is 1. The lowest BCUT2D eigenvalue weighted by Gasteiger charge is -2.13. The maximum Gasteiger partial charge on any atom is 0.341 e. The molecule has 2 aromatic rings. The van der Waals surface area contributed by atoms with E-state index in [1.54, 1.807) is 25.1 Å². The lowest BCUT2D eigenvalue weighted by molar-refractivity contribution is 0.0527. The lowest BCUT2D eigenvalue weighted by Crippen LogP contribution is -2.34. The summed E-state index contributed by atoms with van der Waals surface area (Å²) in [6.07, 6.45) is 2.84. The highest BCUT2D eigenvalue weighted by atomic mass is 79.9. The maximum absolute atomic E-state index is 12.6. The van der Waals surface area contributed by atoms with E-state index in [1.165, 1.54) is 16.2 Å². The van der Waals surface area contributed by atoms with E-state index in [2.05, 4.69) is 26.6 Å². The molecule has 0 bridgehead atoms. The zero-order chi connectivity index (χ0) is 21.8. The lowest BCUT2D eigenvalue weighted by atomic mass is 10.1. The van der Waals surface area contributed by atoms with Gasteiger partial charge in [-0.15, -0.1) is 11.3 Å². The van der Waals surface area contributed by atoms with Crippen molar-refractivity contribution in [3.05, 3.63) is 44.2 Å². The van der Waals surface area contributed by atoms with Crippen LogP contribution in [0.4, 0.5) is 5.00 Å². The molecule has 0 unspecified atom stereocenters. The van der Waals surface area contributed by atoms with Crippen LogP contribution in [0.5, 0.6) is 5.75 Å². The van der Waals surface area contributed by atoms with E-state index in [-0.39, 0.29) is 23.1 Å². The topological polar surface area (TPSA) is 76.7 Å². The SMILES string of the molecule is CCOC(=O)c1c(NC(=S)NC(=O)c2ccc(OC(C)C)c(Br)c2)sc2c1CCC2. The van der Waals surface area contributed by atoms with Crippen LogP contribution in [0.1, 0.15) is 58.3 Å². The van der Waals surface area contributed by atoms with Gasteiger partial charge in [-0.25, -0.2) is 4.79 Å². The van der Waals surface area contributed by atoms with Gasteiger partial charge in [0.25, 0.3) is 5.91 Å². The van der Waals surface area contributed by atoms with Crippen molar-refractivity contribution in [3.8, 4) is 5.75 Å². The van der Waals surface area contributed by atoms with Crippen LogP contribution in [0.15, 0.2) is 22.7 Å². The number of hydrogen-bond acceptors (Lipinski definition) is 6. The quantitative estimate of drug-likeness (QED) is 0.416. The molecule has 1 amide bonds. The zero-order valence-corrected chi connectivity index (χ0v) is 20.2. The van der Waals surface area contributed by atoms with Gasteiger partial charge in [0.2, 0.25) is 0 Å². The standard InChI is InChI=1S/C21H23BrN2O4S2/c1-4-27-20(26)17-13-6-5-7-16(13)30-19(17)24-21(29)23-18(25)12-8-9-15(14(22)10-12)28-11(2)3/h8-11H,4-7H2,1-3H3,(H2,23,24,25,29). The number of benzene rings is 1. The van der Waals surface area contributed by atoms with Gasteiger partial charge in [-0.1, -0.05) is 0 Å². The van der Waals surface area contributed by atoms with Crippen LogP contribution < -0.4 is 15.4 Å². The second-order valence-corrected chi connectivity index (χ2v) is 9.37. The van der Waals surface area contributed by atoms with Crippen molar-refractivity contribution in [2.75, 3.05) is 11.9 Å². The number of amides is 1. The third-order valence-electron chi connectivity index (χ3n) is 4.41. The third kappa shape index (κ3) is 5.19. The first kappa shape index (κ1) is 22.7. The van der Waals surface area contributed by atoms with Gasteiger partial charge < -0.3 is 14.8 Å². The van der Waals surface area contributed by atoms with Gasteiger partial charge in [0.1, 0.15) is 10.8 Å². The number of thiophene rings is 1. The molecule has 30 heavy (non-hydrogen) atoms. The highest BCUT2D eigenvalue weighted by Gasteiger charge is 2.28. The Labute approximate surface area is 193 Å². The normalized spacial score (nSPS) is 12.4. The van der Waals surface area contributed by atoms with Crippen LogP contribution in [0.3, 0.4) is 0 Å². The first-order valence-corrected chi connectivity index (χ1v) is 11.7. The highest BCUT2D eigenvalue weighted by molar-refractivity contribution is 9.10. The number of thiocarbonyl (C=S) groups is 1. The van der Waals surface area contributed by atoms with Crippen molar-refractivity contribution in [1.82, 2.24) is 5.32 Å². The molecule has 1 aliphatic carbocycles. The van der Waals surface area contributed by atoms with E-state index in [1.807, 2.05) is 13.8 Å². The Morgan fingerprint density at radius 2 is 2.07 bits per heavy atom. The number of carbonyl (C=O) groups excluding carboxylic acids is 2. The van der Waals surface area contributed by atoms with Crippen LogP contribution >= 0.6 is 39.5 Å². The fourth-order valence-corrected chi connectivity index (χ4v) is 5.23. The van der Waals surface area contributed by atoms with Crippen molar-refractivity contribution < 1.29 is 19.1 Å². The molecule has 6 nitrogen and oxygen atoms in total. The second kappa shape index (κ2) is 9.89. The highest BCUT2D eigenvalue weighted by Crippen LogP contribution is 2.39. The maximum atomic E-state index is 12.6. The molecule has 1 aliphatic rings. The van der Waals surface area contributed by atoms with Crippen LogP contribution in [0, 0.1) is 0 Å². The summed E-state index contributed by atoms with van der Waals surface area (Å²) in [4.78, 5) is 26.2. The molecule has 2 N–H and O–H groups in total. The van der Waals surface area contributed by atoms with Crippen molar-refractivity contribution in [2.24, 2.45) is 0 Å². The molecule has 160 valence electrons. The van der Waals surface area contributed by atoms with Gasteiger partial charge >= 0.3 is 5.97 Å². The molecule has 1 aromatic heterocycles. The zero-order valence-electron chi connectivity index (χ0n) is 17.0. The van der Waals surface area contributed by atoms with E-state index in [0.29, 0.717) is 33.0 Å². The number of hydrogen-bond donors (Lipinski definition) is 2. The average molecular weight is 511 g/mol. The van der Waals surface area contributed by atoms with Gasteiger partial charge in [0.15, 0.2) is 5.11 Å². The summed E-state index contributed by atoms with van der Waals surface area (Å²) in [6.45, 7) is 5.94. The molecule has 0 fully saturated rings. The molecule has 0 aliphatic heterocycles. The number of anilines is 1. The van der Waals surface area contributed by atoms with Crippen LogP contribution in [0.2, 0.25) is 0 Å². The smallest absolute Gasteiger partial charge is 0.341 e. The Kier molecular flexibility index (Phi) is 7.49. The number of ether oxygens (including phenoxy) is 2. The predicted octanol–water partition coefficient (Wildman–Crippen LogP) is 5.09. The molecule has 0 saturated carbocycles. The molecule has 0 saturated heterocycles. The van der Waals surface area contributed by atoms with E-state index in [9.17, 15) is 9.59 Å². The van der Waals surface area contributed by atoms with Crippen molar-refractivity contribution >= 4 is 61.5 Å². The summed E-state index contributed by atoms with van der Waals surface area (Å²) in [5, 5.41) is 6.43. The monoisotopic (exact) mass is 510 g/mol. The number of esters is 1. The van der Waals surface area contributed by atoms with Gasteiger partial charge in [0, 0.05) is 10.4 Å². The second-order valence-electron chi connectivity index (χ2n) is 7.00. The molecular weight excluding hydrogens is 488 g/mol. The van der Waals surface area contributed by atoms with E-state index in [4.69, 9.17) is 21.7 Å². The van der Waals surface area contributed by atoms with E-state index < -0.39 is 0 Å². The predicted molar refractivity (Wildman–Crippen MR) is 126 cm³/mol. The first-order chi connectivity index (χ1) is 14.3. The summed E-state index contributed by atoms with van der Waals surface area (Å²) in [5.41, 5.74) is 1.99. The fraction of sp³-hybridized carbons (Fsp3) is 0.381. The number of nitrogens with one attached hydrogen (secondary N) is 2. The van der Waals surface area contributed by atoms with E-state index in [0.717, 1.165) is 24.8 Å². The molecule has 9 heteroatoms. The summed E-state index contributed by atoms with van der Waals surface area (Å²) in [5.74, 6) is -0.0568. The molecule has 1 heterocycles. The minimum atomic E-state index is -0.363. The Bertz CT molecular complexity index is 988. The summed E-state index contributed by atoms with van der Waals surface area (Å²) in [7, 11) is 0. The van der Waals surface area contributed by atoms with Gasteiger partial charge in [-0.05, 0) is 91.9 Å². The van der Waals surface area contributed by atoms with Crippen molar-refractivity contribution in [1.29, 1.82) is 0 Å². The molecule has 0 atom stereocenters. The molecular formula is C21H23BrN2O4S2. The summed E-state index contributed by atoms with van der Waals surface area (Å²) < 4.78 is 11.6. The summed E-state index contributed by atoms with van der Waals surface area (Å²) >= 11 is 10.2. The largest absolute Gasteiger partial charge is 0.490 e. The van der Waals surface area contributed by atoms with E-state index >= 15 is 0 Å². The van der Waals surface area contributed by atoms with Crippen molar-refractivity contribution in [3.63, 3.8) is 0 Å². The number of rotatable bonds is 6.